The van der Waals surface area contributed by atoms with Gasteiger partial charge in [0.15, 0.2) is 5.16 Å². The van der Waals surface area contributed by atoms with Gasteiger partial charge in [-0.2, -0.15) is 0 Å². The van der Waals surface area contributed by atoms with Gasteiger partial charge in [-0.05, 0) is 38.7 Å². The first kappa shape index (κ1) is 14.3. The van der Waals surface area contributed by atoms with Crippen LogP contribution in [0.5, 0.6) is 0 Å². The maximum absolute atomic E-state index is 12.3. The zero-order chi connectivity index (χ0) is 13.7. The summed E-state index contributed by atoms with van der Waals surface area (Å²) in [4.78, 5) is 22.8. The fourth-order valence-electron chi connectivity index (χ4n) is 2.46. The molecule has 0 aromatic carbocycles. The second-order valence-electron chi connectivity index (χ2n) is 4.91. The van der Waals surface area contributed by atoms with Gasteiger partial charge in [0, 0.05) is 24.5 Å². The molecule has 4 nitrogen and oxygen atoms in total. The van der Waals surface area contributed by atoms with E-state index in [0.29, 0.717) is 17.0 Å². The van der Waals surface area contributed by atoms with Crippen LogP contribution < -0.4 is 0 Å². The number of rotatable bonds is 4. The molecule has 2 heterocycles. The Kier molecular flexibility index (Phi) is 5.19. The van der Waals surface area contributed by atoms with Gasteiger partial charge in [0.1, 0.15) is 0 Å². The first-order valence-corrected chi connectivity index (χ1v) is 7.91. The lowest BCUT2D eigenvalue weighted by Gasteiger charge is -2.35. The zero-order valence-corrected chi connectivity index (χ0v) is 12.4. The standard InChI is InChI=1S/C14H21N3OS/c1-3-12-6-4-5-9-17(12)13(18)10-19-14-15-8-7-11(2)16-14/h7-8,12H,3-6,9-10H2,1-2H3/t12-/m1/s1. The van der Waals surface area contributed by atoms with Crippen LogP contribution in [0.25, 0.3) is 0 Å². The van der Waals surface area contributed by atoms with Crippen molar-refractivity contribution in [3.05, 3.63) is 18.0 Å². The normalized spacial score (nSPS) is 19.5. The lowest BCUT2D eigenvalue weighted by Crippen LogP contribution is -2.44. The molecule has 1 fully saturated rings. The van der Waals surface area contributed by atoms with Gasteiger partial charge in [0.2, 0.25) is 5.91 Å². The number of carbonyl (C=O) groups is 1. The van der Waals surface area contributed by atoms with Gasteiger partial charge in [0.25, 0.3) is 0 Å². The Bertz CT molecular complexity index is 438. The summed E-state index contributed by atoms with van der Waals surface area (Å²) in [6, 6.07) is 2.30. The van der Waals surface area contributed by atoms with Crippen molar-refractivity contribution in [3.8, 4) is 0 Å². The van der Waals surface area contributed by atoms with E-state index in [1.165, 1.54) is 18.2 Å². The van der Waals surface area contributed by atoms with Crippen LogP contribution in [0.3, 0.4) is 0 Å². The molecule has 19 heavy (non-hydrogen) atoms. The predicted molar refractivity (Wildman–Crippen MR) is 77.1 cm³/mol. The summed E-state index contributed by atoms with van der Waals surface area (Å²) in [6.45, 7) is 5.00. The molecule has 1 atom stereocenters. The fourth-order valence-corrected chi connectivity index (χ4v) is 3.22. The molecule has 0 N–H and O–H groups in total. The average molecular weight is 279 g/mol. The fraction of sp³-hybridized carbons (Fsp3) is 0.643. The molecule has 1 aliphatic heterocycles. The van der Waals surface area contributed by atoms with Crippen LogP contribution >= 0.6 is 11.8 Å². The van der Waals surface area contributed by atoms with Crippen LogP contribution in [0, 0.1) is 6.92 Å². The van der Waals surface area contributed by atoms with Crippen molar-refractivity contribution in [2.24, 2.45) is 0 Å². The highest BCUT2D eigenvalue weighted by Gasteiger charge is 2.25. The number of nitrogens with zero attached hydrogens (tertiary/aromatic N) is 3. The van der Waals surface area contributed by atoms with Gasteiger partial charge in [-0.1, -0.05) is 18.7 Å². The minimum absolute atomic E-state index is 0.224. The molecule has 104 valence electrons. The number of likely N-dealkylation sites (tertiary alicyclic amines) is 1. The van der Waals surface area contributed by atoms with E-state index in [-0.39, 0.29) is 5.91 Å². The summed E-state index contributed by atoms with van der Waals surface area (Å²) in [6.07, 6.45) is 6.32. The number of thioether (sulfide) groups is 1. The largest absolute Gasteiger partial charge is 0.339 e. The molecule has 0 spiro atoms. The van der Waals surface area contributed by atoms with E-state index in [0.717, 1.165) is 31.5 Å². The molecule has 0 radical (unpaired) electrons. The van der Waals surface area contributed by atoms with Crippen molar-refractivity contribution in [1.82, 2.24) is 14.9 Å². The Morgan fingerprint density at radius 2 is 2.37 bits per heavy atom. The highest BCUT2D eigenvalue weighted by atomic mass is 32.2. The van der Waals surface area contributed by atoms with E-state index in [1.807, 2.05) is 17.9 Å². The molecule has 0 aliphatic carbocycles. The monoisotopic (exact) mass is 279 g/mol. The molecule has 1 aromatic rings. The van der Waals surface area contributed by atoms with Gasteiger partial charge in [0.05, 0.1) is 5.75 Å². The third-order valence-corrected chi connectivity index (χ3v) is 4.36. The molecule has 1 aromatic heterocycles. The highest BCUT2D eigenvalue weighted by molar-refractivity contribution is 7.99. The number of aromatic nitrogens is 2. The first-order valence-electron chi connectivity index (χ1n) is 6.92. The SMILES string of the molecule is CC[C@@H]1CCCCN1C(=O)CSc1nccc(C)n1. The molecule has 2 rings (SSSR count). The Labute approximate surface area is 119 Å². The van der Waals surface area contributed by atoms with E-state index in [2.05, 4.69) is 16.9 Å². The maximum atomic E-state index is 12.3. The second-order valence-corrected chi connectivity index (χ2v) is 5.86. The van der Waals surface area contributed by atoms with Gasteiger partial charge >= 0.3 is 0 Å². The molecular formula is C14H21N3OS. The third kappa shape index (κ3) is 3.93. The first-order chi connectivity index (χ1) is 9.20. The van der Waals surface area contributed by atoms with Gasteiger partial charge in [-0.15, -0.1) is 0 Å². The summed E-state index contributed by atoms with van der Waals surface area (Å²) in [5.41, 5.74) is 0.939. The Morgan fingerprint density at radius 1 is 1.53 bits per heavy atom. The maximum Gasteiger partial charge on any atom is 0.233 e. The summed E-state index contributed by atoms with van der Waals surface area (Å²) < 4.78 is 0. The summed E-state index contributed by atoms with van der Waals surface area (Å²) in [7, 11) is 0. The summed E-state index contributed by atoms with van der Waals surface area (Å²) >= 11 is 1.44. The van der Waals surface area contributed by atoms with Crippen molar-refractivity contribution in [3.63, 3.8) is 0 Å². The van der Waals surface area contributed by atoms with Crippen molar-refractivity contribution in [2.75, 3.05) is 12.3 Å². The van der Waals surface area contributed by atoms with Crippen LogP contribution in [0.2, 0.25) is 0 Å². The van der Waals surface area contributed by atoms with Gasteiger partial charge in [-0.25, -0.2) is 9.97 Å². The lowest BCUT2D eigenvalue weighted by atomic mass is 10.0. The topological polar surface area (TPSA) is 46.1 Å². The van der Waals surface area contributed by atoms with E-state index < -0.39 is 0 Å². The molecule has 0 bridgehead atoms. The average Bonchev–Trinajstić information content (AvgIpc) is 2.45. The van der Waals surface area contributed by atoms with Crippen molar-refractivity contribution >= 4 is 17.7 Å². The minimum Gasteiger partial charge on any atom is -0.339 e. The van der Waals surface area contributed by atoms with Gasteiger partial charge < -0.3 is 4.90 Å². The molecule has 0 unspecified atom stereocenters. The molecule has 1 aliphatic rings. The smallest absolute Gasteiger partial charge is 0.233 e. The summed E-state index contributed by atoms with van der Waals surface area (Å²) in [5, 5.41) is 0.693. The molecular weight excluding hydrogens is 258 g/mol. The van der Waals surface area contributed by atoms with Crippen molar-refractivity contribution in [1.29, 1.82) is 0 Å². The van der Waals surface area contributed by atoms with E-state index in [1.54, 1.807) is 6.20 Å². The number of piperidine rings is 1. The second kappa shape index (κ2) is 6.89. The zero-order valence-electron chi connectivity index (χ0n) is 11.6. The number of carbonyl (C=O) groups excluding carboxylic acids is 1. The van der Waals surface area contributed by atoms with Crippen LogP contribution in [-0.2, 0) is 4.79 Å². The van der Waals surface area contributed by atoms with Crippen LogP contribution in [0.4, 0.5) is 0 Å². The van der Waals surface area contributed by atoms with E-state index >= 15 is 0 Å². The van der Waals surface area contributed by atoms with Gasteiger partial charge in [-0.3, -0.25) is 4.79 Å². The molecule has 1 amide bonds. The lowest BCUT2D eigenvalue weighted by molar-refractivity contribution is -0.132. The minimum atomic E-state index is 0.224. The number of aryl methyl sites for hydroxylation is 1. The molecule has 0 saturated carbocycles. The quantitative estimate of drug-likeness (QED) is 0.628. The van der Waals surface area contributed by atoms with Crippen LogP contribution in [0.1, 0.15) is 38.3 Å². The van der Waals surface area contributed by atoms with E-state index in [4.69, 9.17) is 0 Å². The Balaban J connectivity index is 1.89. The van der Waals surface area contributed by atoms with Crippen molar-refractivity contribution < 1.29 is 4.79 Å². The molecule has 1 saturated heterocycles. The van der Waals surface area contributed by atoms with E-state index in [9.17, 15) is 4.79 Å². The van der Waals surface area contributed by atoms with Crippen LogP contribution in [0.15, 0.2) is 17.4 Å². The van der Waals surface area contributed by atoms with Crippen molar-refractivity contribution in [2.45, 2.75) is 50.7 Å². The number of hydrogen-bond donors (Lipinski definition) is 0. The summed E-state index contributed by atoms with van der Waals surface area (Å²) in [5.74, 6) is 0.668. The predicted octanol–water partition coefficient (Wildman–Crippen LogP) is 2.67. The third-order valence-electron chi connectivity index (χ3n) is 3.52. The Hall–Kier alpha value is -1.10. The van der Waals surface area contributed by atoms with Crippen LogP contribution in [-0.4, -0.2) is 39.1 Å². The number of amides is 1. The number of hydrogen-bond acceptors (Lipinski definition) is 4. The highest BCUT2D eigenvalue weighted by Crippen LogP contribution is 2.21. The Morgan fingerprint density at radius 3 is 3.11 bits per heavy atom. The molecule has 5 heteroatoms.